The fourth-order valence-electron chi connectivity index (χ4n) is 4.49. The number of aliphatic hydroxyl groups excluding tert-OH is 1. The first-order valence-electron chi connectivity index (χ1n) is 11.8. The SMILES string of the molecule is Cc1cc(F)c(-c2nc(C(=O)Nc3cnccc3[C@H]3C[C@@H](N)[C@H](O)[C@@H](C(C)(C)C)O3)ccc2F)c(F)c1. The van der Waals surface area contributed by atoms with Crippen LogP contribution in [0.3, 0.4) is 0 Å². The maximum absolute atomic E-state index is 14.5. The zero-order valence-corrected chi connectivity index (χ0v) is 20.9. The fourth-order valence-corrected chi connectivity index (χ4v) is 4.49. The Balaban J connectivity index is 1.64. The summed E-state index contributed by atoms with van der Waals surface area (Å²) in [5, 5.41) is 13.3. The first kappa shape index (κ1) is 26.7. The van der Waals surface area contributed by atoms with E-state index >= 15 is 0 Å². The summed E-state index contributed by atoms with van der Waals surface area (Å²) < 4.78 is 49.7. The van der Waals surface area contributed by atoms with Crippen molar-refractivity contribution < 1.29 is 27.8 Å². The lowest BCUT2D eigenvalue weighted by Crippen LogP contribution is -2.54. The van der Waals surface area contributed by atoms with Gasteiger partial charge in [-0.3, -0.25) is 9.78 Å². The van der Waals surface area contributed by atoms with E-state index in [0.29, 0.717) is 23.2 Å². The number of carbonyl (C=O) groups is 1. The van der Waals surface area contributed by atoms with Crippen molar-refractivity contribution in [2.45, 2.75) is 58.5 Å². The van der Waals surface area contributed by atoms with Crippen LogP contribution in [0.15, 0.2) is 42.7 Å². The van der Waals surface area contributed by atoms with Gasteiger partial charge < -0.3 is 20.9 Å². The summed E-state index contributed by atoms with van der Waals surface area (Å²) in [5.41, 5.74) is 5.49. The lowest BCUT2D eigenvalue weighted by Gasteiger charge is -2.44. The molecule has 1 saturated heterocycles. The Kier molecular flexibility index (Phi) is 7.36. The highest BCUT2D eigenvalue weighted by atomic mass is 19.1. The van der Waals surface area contributed by atoms with Crippen LogP contribution in [0.5, 0.6) is 0 Å². The number of benzene rings is 1. The Hall–Kier alpha value is -3.34. The Morgan fingerprint density at radius 1 is 1.14 bits per heavy atom. The summed E-state index contributed by atoms with van der Waals surface area (Å²) >= 11 is 0. The number of amides is 1. The van der Waals surface area contributed by atoms with Crippen LogP contribution in [-0.4, -0.2) is 39.2 Å². The number of aliphatic hydroxyl groups is 1. The number of hydrogen-bond acceptors (Lipinski definition) is 6. The minimum Gasteiger partial charge on any atom is -0.389 e. The first-order chi connectivity index (χ1) is 17.4. The molecular formula is C27H29F3N4O3. The zero-order chi connectivity index (χ0) is 27.1. The van der Waals surface area contributed by atoms with Crippen molar-refractivity contribution in [3.63, 3.8) is 0 Å². The number of anilines is 1. The summed E-state index contributed by atoms with van der Waals surface area (Å²) in [6.07, 6.45) is 1.29. The van der Waals surface area contributed by atoms with Crippen LogP contribution >= 0.6 is 0 Å². The molecule has 0 bridgehead atoms. The van der Waals surface area contributed by atoms with Gasteiger partial charge in [0.1, 0.15) is 28.8 Å². The molecule has 196 valence electrons. The smallest absolute Gasteiger partial charge is 0.274 e. The lowest BCUT2D eigenvalue weighted by atomic mass is 9.79. The maximum Gasteiger partial charge on any atom is 0.274 e. The van der Waals surface area contributed by atoms with Gasteiger partial charge in [0.2, 0.25) is 0 Å². The Labute approximate surface area is 212 Å². The summed E-state index contributed by atoms with van der Waals surface area (Å²) in [6.45, 7) is 7.30. The van der Waals surface area contributed by atoms with E-state index in [-0.39, 0.29) is 5.69 Å². The van der Waals surface area contributed by atoms with Crippen LogP contribution < -0.4 is 11.1 Å². The summed E-state index contributed by atoms with van der Waals surface area (Å²) in [5.74, 6) is -3.69. The third-order valence-corrected chi connectivity index (χ3v) is 6.35. The molecule has 4 atom stereocenters. The molecule has 0 unspecified atom stereocenters. The molecule has 3 heterocycles. The summed E-state index contributed by atoms with van der Waals surface area (Å²) in [4.78, 5) is 21.1. The quantitative estimate of drug-likeness (QED) is 0.466. The highest BCUT2D eigenvalue weighted by Gasteiger charge is 2.43. The van der Waals surface area contributed by atoms with Crippen LogP contribution in [0.25, 0.3) is 11.3 Å². The summed E-state index contributed by atoms with van der Waals surface area (Å²) in [6, 6.07) is 5.28. The number of pyridine rings is 2. The van der Waals surface area contributed by atoms with Crippen molar-refractivity contribution in [3.8, 4) is 11.3 Å². The number of hydrogen-bond donors (Lipinski definition) is 3. The third kappa shape index (κ3) is 5.51. The van der Waals surface area contributed by atoms with Gasteiger partial charge in [0.25, 0.3) is 5.91 Å². The minimum absolute atomic E-state index is 0.255. The number of carbonyl (C=O) groups excluding carboxylic acids is 1. The van der Waals surface area contributed by atoms with Gasteiger partial charge in [0, 0.05) is 17.8 Å². The number of nitrogens with two attached hydrogens (primary N) is 1. The van der Waals surface area contributed by atoms with Crippen molar-refractivity contribution in [2.75, 3.05) is 5.32 Å². The topological polar surface area (TPSA) is 110 Å². The van der Waals surface area contributed by atoms with E-state index in [9.17, 15) is 23.1 Å². The molecule has 10 heteroatoms. The molecule has 7 nitrogen and oxygen atoms in total. The number of nitrogens with one attached hydrogen (secondary N) is 1. The van der Waals surface area contributed by atoms with Gasteiger partial charge in [-0.25, -0.2) is 18.2 Å². The second kappa shape index (κ2) is 10.2. The molecule has 0 saturated carbocycles. The molecule has 37 heavy (non-hydrogen) atoms. The number of rotatable bonds is 4. The van der Waals surface area contributed by atoms with E-state index in [1.807, 2.05) is 20.8 Å². The van der Waals surface area contributed by atoms with E-state index in [2.05, 4.69) is 15.3 Å². The van der Waals surface area contributed by atoms with E-state index in [0.717, 1.165) is 24.3 Å². The molecule has 0 radical (unpaired) electrons. The fraction of sp³-hybridized carbons (Fsp3) is 0.370. The number of ether oxygens (including phenoxy) is 1. The molecule has 1 aromatic carbocycles. The maximum atomic E-state index is 14.5. The predicted octanol–water partition coefficient (Wildman–Crippen LogP) is 4.69. The molecule has 2 aromatic heterocycles. The molecule has 3 aromatic rings. The highest BCUT2D eigenvalue weighted by molar-refractivity contribution is 6.03. The molecular weight excluding hydrogens is 485 g/mol. The summed E-state index contributed by atoms with van der Waals surface area (Å²) in [7, 11) is 0. The van der Waals surface area contributed by atoms with Crippen molar-refractivity contribution in [1.29, 1.82) is 0 Å². The molecule has 0 aliphatic carbocycles. The minimum atomic E-state index is -0.989. The van der Waals surface area contributed by atoms with E-state index in [1.165, 1.54) is 19.3 Å². The molecule has 4 rings (SSSR count). The van der Waals surface area contributed by atoms with Crippen LogP contribution in [0.2, 0.25) is 0 Å². The zero-order valence-electron chi connectivity index (χ0n) is 20.9. The van der Waals surface area contributed by atoms with Crippen LogP contribution in [0.4, 0.5) is 18.9 Å². The van der Waals surface area contributed by atoms with E-state index in [1.54, 1.807) is 6.07 Å². The number of halogens is 3. The predicted molar refractivity (Wildman–Crippen MR) is 132 cm³/mol. The Bertz CT molecular complexity index is 1310. The standard InChI is InChI=1S/C27H29F3N4O3/c1-13-9-16(29)22(17(30)10-13)23-15(28)5-6-19(33-23)26(36)34-20-12-32-8-7-14(20)21-11-18(31)24(35)25(37-21)27(2,3)4/h5-10,12,18,21,24-25,35H,11,31H2,1-4H3,(H,34,36)/t18-,21-,24+,25+/m1/s1. The molecule has 0 spiro atoms. The van der Waals surface area contributed by atoms with E-state index < -0.39 is 64.4 Å². The Morgan fingerprint density at radius 3 is 2.46 bits per heavy atom. The van der Waals surface area contributed by atoms with Crippen LogP contribution in [0.1, 0.15) is 54.9 Å². The van der Waals surface area contributed by atoms with Crippen molar-refractivity contribution >= 4 is 11.6 Å². The number of aryl methyl sites for hydroxylation is 1. The van der Waals surface area contributed by atoms with Gasteiger partial charge in [-0.05, 0) is 54.7 Å². The average molecular weight is 515 g/mol. The van der Waals surface area contributed by atoms with Gasteiger partial charge in [-0.1, -0.05) is 20.8 Å². The van der Waals surface area contributed by atoms with Crippen LogP contribution in [0, 0.1) is 29.8 Å². The molecule has 1 aliphatic heterocycles. The number of aromatic nitrogens is 2. The second-order valence-corrected chi connectivity index (χ2v) is 10.3. The van der Waals surface area contributed by atoms with Crippen molar-refractivity contribution in [3.05, 3.63) is 77.0 Å². The van der Waals surface area contributed by atoms with Gasteiger partial charge in [-0.15, -0.1) is 0 Å². The lowest BCUT2D eigenvalue weighted by molar-refractivity contribution is -0.167. The monoisotopic (exact) mass is 514 g/mol. The van der Waals surface area contributed by atoms with Gasteiger partial charge in [-0.2, -0.15) is 0 Å². The number of nitrogens with zero attached hydrogens (tertiary/aromatic N) is 2. The molecule has 1 fully saturated rings. The second-order valence-electron chi connectivity index (χ2n) is 10.3. The normalized spacial score (nSPS) is 22.1. The van der Waals surface area contributed by atoms with Crippen molar-refractivity contribution in [2.24, 2.45) is 11.1 Å². The largest absolute Gasteiger partial charge is 0.389 e. The molecule has 1 aliphatic rings. The van der Waals surface area contributed by atoms with Gasteiger partial charge in [0.15, 0.2) is 0 Å². The molecule has 1 amide bonds. The average Bonchev–Trinajstić information content (AvgIpc) is 2.81. The van der Waals surface area contributed by atoms with Gasteiger partial charge in [0.05, 0.1) is 35.8 Å². The third-order valence-electron chi connectivity index (χ3n) is 6.35. The highest BCUT2D eigenvalue weighted by Crippen LogP contribution is 2.40. The molecule has 4 N–H and O–H groups in total. The Morgan fingerprint density at radius 2 is 1.81 bits per heavy atom. The first-order valence-corrected chi connectivity index (χ1v) is 11.8. The van der Waals surface area contributed by atoms with Crippen molar-refractivity contribution in [1.82, 2.24) is 9.97 Å². The van der Waals surface area contributed by atoms with Crippen LogP contribution in [-0.2, 0) is 4.74 Å². The van der Waals surface area contributed by atoms with E-state index in [4.69, 9.17) is 10.5 Å². The van der Waals surface area contributed by atoms with Gasteiger partial charge >= 0.3 is 0 Å².